The summed E-state index contributed by atoms with van der Waals surface area (Å²) in [6.45, 7) is 5.42. The number of aliphatic hydroxyl groups excluding tert-OH is 1. The van der Waals surface area contributed by atoms with Gasteiger partial charge in [0.05, 0.1) is 6.61 Å². The first kappa shape index (κ1) is 30.1. The molecule has 3 aliphatic rings. The Hall–Kier alpha value is -2.83. The molecule has 0 aromatic heterocycles. The van der Waals surface area contributed by atoms with Crippen molar-refractivity contribution in [1.82, 2.24) is 15.3 Å². The van der Waals surface area contributed by atoms with Gasteiger partial charge < -0.3 is 24.4 Å². The molecular formula is C26H34F2N3O8P. The Labute approximate surface area is 231 Å². The number of nitrogens with zero attached hydrogens (tertiary/aromatic N) is 1. The number of halogens is 2. The maximum absolute atomic E-state index is 15.6. The van der Waals surface area contributed by atoms with Gasteiger partial charge in [0, 0.05) is 11.9 Å². The number of carbonyl (C=O) groups is 2. The van der Waals surface area contributed by atoms with Crippen LogP contribution in [0, 0.1) is 5.82 Å². The molecule has 1 aromatic carbocycles. The van der Waals surface area contributed by atoms with Gasteiger partial charge in [0.25, 0.3) is 0 Å². The van der Waals surface area contributed by atoms with Crippen LogP contribution in [0.4, 0.5) is 13.6 Å². The maximum Gasteiger partial charge on any atom is 0.459 e. The molecule has 1 unspecified atom stereocenters. The Bertz CT molecular complexity index is 1170. The van der Waals surface area contributed by atoms with Crippen molar-refractivity contribution in [3.8, 4) is 5.75 Å². The standard InChI is InChI=1S/C26H34F2N3O8P/c1-16-13-14-31(25(34)29-16)24-26(3,28)22(32)21(38-24)15-36-40(35,39-20-11-9-18(27)10-12-20)30-17(2)23(33)37-19-7-5-4-6-8-19/h9-14,17,19,21-22,24,32H,1,4-8,15H2,2-3H3,(H,29,34)(H,30,35)/t17-,21+,22+,24+,26+,40?/m0/s1. The van der Waals surface area contributed by atoms with E-state index in [1.807, 2.05) is 0 Å². The Morgan fingerprint density at radius 2 is 2.00 bits per heavy atom. The molecule has 1 saturated carbocycles. The average molecular weight is 586 g/mol. The zero-order valence-corrected chi connectivity index (χ0v) is 23.2. The van der Waals surface area contributed by atoms with E-state index in [1.165, 1.54) is 31.3 Å². The number of hydrogen-bond donors (Lipinski definition) is 3. The van der Waals surface area contributed by atoms with E-state index in [-0.39, 0.29) is 11.9 Å². The fourth-order valence-electron chi connectivity index (χ4n) is 4.65. The topological polar surface area (TPSA) is 136 Å². The van der Waals surface area contributed by atoms with Gasteiger partial charge >= 0.3 is 19.7 Å². The summed E-state index contributed by atoms with van der Waals surface area (Å²) in [6.07, 6.45) is 2.14. The summed E-state index contributed by atoms with van der Waals surface area (Å²) in [5.74, 6) is -1.27. The van der Waals surface area contributed by atoms with Gasteiger partial charge in [-0.25, -0.2) is 18.1 Å². The second kappa shape index (κ2) is 12.4. The van der Waals surface area contributed by atoms with Crippen LogP contribution in [0.25, 0.3) is 0 Å². The highest BCUT2D eigenvalue weighted by molar-refractivity contribution is 7.52. The van der Waals surface area contributed by atoms with E-state index in [0.29, 0.717) is 5.70 Å². The first-order chi connectivity index (χ1) is 18.9. The molecule has 220 valence electrons. The molecule has 6 atom stereocenters. The Kier molecular flexibility index (Phi) is 9.31. The summed E-state index contributed by atoms with van der Waals surface area (Å²) >= 11 is 0. The molecule has 0 bridgehead atoms. The van der Waals surface area contributed by atoms with E-state index >= 15 is 4.39 Å². The van der Waals surface area contributed by atoms with Crippen LogP contribution in [0.15, 0.2) is 48.8 Å². The summed E-state index contributed by atoms with van der Waals surface area (Å²) in [7, 11) is -4.42. The van der Waals surface area contributed by atoms with Gasteiger partial charge in [-0.1, -0.05) is 13.0 Å². The number of alkyl halides is 1. The molecule has 3 N–H and O–H groups in total. The fraction of sp³-hybridized carbons (Fsp3) is 0.538. The Morgan fingerprint density at radius 3 is 2.65 bits per heavy atom. The number of esters is 1. The molecular weight excluding hydrogens is 551 g/mol. The highest BCUT2D eigenvalue weighted by Gasteiger charge is 2.57. The number of hydrogen-bond acceptors (Lipinski definition) is 8. The van der Waals surface area contributed by atoms with Crippen LogP contribution in [0.5, 0.6) is 5.75 Å². The lowest BCUT2D eigenvalue weighted by molar-refractivity contribution is -0.152. The van der Waals surface area contributed by atoms with Crippen molar-refractivity contribution in [3.05, 3.63) is 54.6 Å². The van der Waals surface area contributed by atoms with E-state index in [2.05, 4.69) is 17.0 Å². The van der Waals surface area contributed by atoms with Crippen LogP contribution in [-0.2, 0) is 23.4 Å². The van der Waals surface area contributed by atoms with Crippen molar-refractivity contribution in [2.24, 2.45) is 0 Å². The molecule has 1 aliphatic carbocycles. The van der Waals surface area contributed by atoms with E-state index in [4.69, 9.17) is 18.5 Å². The van der Waals surface area contributed by atoms with Crippen LogP contribution in [0.1, 0.15) is 46.0 Å². The summed E-state index contributed by atoms with van der Waals surface area (Å²) in [4.78, 5) is 26.0. The van der Waals surface area contributed by atoms with Crippen LogP contribution in [-0.4, -0.2) is 64.9 Å². The zero-order valence-electron chi connectivity index (χ0n) is 22.3. The first-order valence-electron chi connectivity index (χ1n) is 13.0. The minimum Gasteiger partial charge on any atom is -0.461 e. The number of allylic oxidation sites excluding steroid dienone is 1. The number of benzene rings is 1. The van der Waals surface area contributed by atoms with E-state index in [9.17, 15) is 23.7 Å². The molecule has 2 aliphatic heterocycles. The lowest BCUT2D eigenvalue weighted by atomic mass is 9.98. The van der Waals surface area contributed by atoms with Gasteiger partial charge in [0.15, 0.2) is 11.9 Å². The highest BCUT2D eigenvalue weighted by Crippen LogP contribution is 2.47. The molecule has 11 nitrogen and oxygen atoms in total. The number of nitrogens with one attached hydrogen (secondary N) is 2. The minimum atomic E-state index is -4.42. The molecule has 4 rings (SSSR count). The van der Waals surface area contributed by atoms with Gasteiger partial charge in [-0.15, -0.1) is 0 Å². The average Bonchev–Trinajstić information content (AvgIpc) is 3.13. The monoisotopic (exact) mass is 585 g/mol. The summed E-state index contributed by atoms with van der Waals surface area (Å²) in [5.41, 5.74) is -2.15. The minimum absolute atomic E-state index is 0.0402. The second-order valence-corrected chi connectivity index (χ2v) is 11.9. The van der Waals surface area contributed by atoms with Gasteiger partial charge in [-0.3, -0.25) is 14.2 Å². The lowest BCUT2D eigenvalue weighted by Crippen LogP contribution is -2.53. The molecule has 2 amide bonds. The molecule has 0 radical (unpaired) electrons. The van der Waals surface area contributed by atoms with Gasteiger partial charge in [0.2, 0.25) is 0 Å². The predicted octanol–water partition coefficient (Wildman–Crippen LogP) is 4.05. The van der Waals surface area contributed by atoms with Crippen LogP contribution in [0.2, 0.25) is 0 Å². The van der Waals surface area contributed by atoms with E-state index < -0.39 is 62.3 Å². The number of ether oxygens (including phenoxy) is 2. The molecule has 1 saturated heterocycles. The number of urea groups is 1. The van der Waals surface area contributed by atoms with Crippen molar-refractivity contribution in [2.75, 3.05) is 6.61 Å². The molecule has 2 heterocycles. The quantitative estimate of drug-likeness (QED) is 0.275. The van der Waals surface area contributed by atoms with Crippen molar-refractivity contribution >= 4 is 19.7 Å². The maximum atomic E-state index is 15.6. The van der Waals surface area contributed by atoms with Gasteiger partial charge in [-0.05, 0) is 69.9 Å². The molecule has 2 fully saturated rings. The lowest BCUT2D eigenvalue weighted by Gasteiger charge is -2.33. The SMILES string of the molecule is C=C1C=CN([C@@H]2O[C@H](COP(=O)(N[C@@H](C)C(=O)OC3CCCCC3)Oc3ccc(F)cc3)[C@@H](O)[C@@]2(C)F)C(=O)N1. The third kappa shape index (κ3) is 7.08. The van der Waals surface area contributed by atoms with Crippen molar-refractivity contribution < 1.29 is 46.6 Å². The fourth-order valence-corrected chi connectivity index (χ4v) is 6.15. The zero-order chi connectivity index (χ0) is 29.1. The smallest absolute Gasteiger partial charge is 0.459 e. The number of carbonyl (C=O) groups excluding carboxylic acids is 2. The van der Waals surface area contributed by atoms with Crippen LogP contribution >= 0.6 is 7.75 Å². The van der Waals surface area contributed by atoms with Crippen LogP contribution < -0.4 is 14.9 Å². The van der Waals surface area contributed by atoms with Crippen molar-refractivity contribution in [2.45, 2.75) is 82.2 Å². The number of rotatable bonds is 10. The Balaban J connectivity index is 1.47. The predicted molar refractivity (Wildman–Crippen MR) is 139 cm³/mol. The normalized spacial score (nSPS) is 29.5. The third-order valence-electron chi connectivity index (χ3n) is 6.90. The third-order valence-corrected chi connectivity index (χ3v) is 8.54. The molecule has 40 heavy (non-hydrogen) atoms. The van der Waals surface area contributed by atoms with Gasteiger partial charge in [0.1, 0.15) is 35.9 Å². The second-order valence-electron chi connectivity index (χ2n) is 10.2. The number of amides is 2. The highest BCUT2D eigenvalue weighted by atomic mass is 31.2. The van der Waals surface area contributed by atoms with Crippen molar-refractivity contribution in [1.29, 1.82) is 0 Å². The summed E-state index contributed by atoms with van der Waals surface area (Å²) in [6, 6.07) is 2.72. The van der Waals surface area contributed by atoms with Crippen LogP contribution in [0.3, 0.4) is 0 Å². The van der Waals surface area contributed by atoms with Crippen molar-refractivity contribution in [3.63, 3.8) is 0 Å². The number of aliphatic hydroxyl groups is 1. The molecule has 0 spiro atoms. The molecule has 14 heteroatoms. The largest absolute Gasteiger partial charge is 0.461 e. The Morgan fingerprint density at radius 1 is 1.32 bits per heavy atom. The van der Waals surface area contributed by atoms with Gasteiger partial charge in [-0.2, -0.15) is 5.09 Å². The summed E-state index contributed by atoms with van der Waals surface area (Å²) < 4.78 is 65.0. The van der Waals surface area contributed by atoms with E-state index in [0.717, 1.165) is 56.1 Å². The summed E-state index contributed by atoms with van der Waals surface area (Å²) in [5, 5.41) is 15.6. The first-order valence-corrected chi connectivity index (χ1v) is 14.6. The van der Waals surface area contributed by atoms with E-state index in [1.54, 1.807) is 0 Å². The molecule has 1 aromatic rings.